The van der Waals surface area contributed by atoms with E-state index in [1.807, 2.05) is 53.2 Å². The number of benzene rings is 1. The van der Waals surface area contributed by atoms with Crippen LogP contribution in [0.3, 0.4) is 0 Å². The molecule has 0 unspecified atom stereocenters. The van der Waals surface area contributed by atoms with Crippen molar-refractivity contribution in [3.63, 3.8) is 0 Å². The molecule has 1 saturated heterocycles. The van der Waals surface area contributed by atoms with Crippen molar-refractivity contribution in [2.24, 2.45) is 11.7 Å². The van der Waals surface area contributed by atoms with Gasteiger partial charge in [-0.2, -0.15) is 0 Å². The Bertz CT molecular complexity index is 1300. The molecule has 0 spiro atoms. The van der Waals surface area contributed by atoms with Gasteiger partial charge in [0, 0.05) is 30.2 Å². The van der Waals surface area contributed by atoms with Gasteiger partial charge in [0.1, 0.15) is 17.6 Å². The second-order valence-electron chi connectivity index (χ2n) is 8.95. The maximum Gasteiger partial charge on any atom is 0.140 e. The molecule has 1 aromatic carbocycles. The summed E-state index contributed by atoms with van der Waals surface area (Å²) >= 11 is 0. The number of hydrogen-bond acceptors (Lipinski definition) is 5. The molecule has 2 aliphatic rings. The number of hydrogen-bond donors (Lipinski definition) is 1. The molecule has 1 saturated carbocycles. The summed E-state index contributed by atoms with van der Waals surface area (Å²) < 4.78 is 22.2. The summed E-state index contributed by atoms with van der Waals surface area (Å²) in [6.07, 6.45) is 5.96. The SMILES string of the molecule is Cl.Cl.N[C@H]1CCN(c2cccc3ccc(-c4cnc5cc(OCC6CC6)ccn45)nc23)C[C@H]1F. The van der Waals surface area contributed by atoms with Crippen LogP contribution in [0.4, 0.5) is 10.1 Å². The first-order valence-electron chi connectivity index (χ1n) is 11.3. The van der Waals surface area contributed by atoms with Crippen molar-refractivity contribution in [3.05, 3.63) is 54.9 Å². The summed E-state index contributed by atoms with van der Waals surface area (Å²) in [6, 6.07) is 13.7. The van der Waals surface area contributed by atoms with Crippen molar-refractivity contribution in [2.45, 2.75) is 31.5 Å². The van der Waals surface area contributed by atoms with E-state index >= 15 is 0 Å². The minimum atomic E-state index is -1.03. The Kier molecular flexibility index (Phi) is 7.17. The van der Waals surface area contributed by atoms with E-state index in [0.717, 1.165) is 52.5 Å². The molecule has 2 atom stereocenters. The fraction of sp³-hybridized carbons (Fsp3) is 0.360. The molecule has 6 nitrogen and oxygen atoms in total. The zero-order valence-electron chi connectivity index (χ0n) is 18.6. The molecular formula is C25H28Cl2FN5O. The summed E-state index contributed by atoms with van der Waals surface area (Å²) in [7, 11) is 0. The Hall–Kier alpha value is -2.61. The van der Waals surface area contributed by atoms with E-state index in [1.165, 1.54) is 12.8 Å². The molecule has 34 heavy (non-hydrogen) atoms. The third-order valence-corrected chi connectivity index (χ3v) is 6.56. The Balaban J connectivity index is 0.00000137. The molecular weight excluding hydrogens is 476 g/mol. The number of aromatic nitrogens is 3. The number of nitrogens with two attached hydrogens (primary N) is 1. The summed E-state index contributed by atoms with van der Waals surface area (Å²) in [5, 5.41) is 1.03. The van der Waals surface area contributed by atoms with Gasteiger partial charge in [-0.05, 0) is 43.4 Å². The van der Waals surface area contributed by atoms with E-state index in [2.05, 4.69) is 16.0 Å². The topological polar surface area (TPSA) is 68.7 Å². The first kappa shape index (κ1) is 24.5. The van der Waals surface area contributed by atoms with Gasteiger partial charge >= 0.3 is 0 Å². The number of piperidine rings is 1. The number of imidazole rings is 1. The summed E-state index contributed by atoms with van der Waals surface area (Å²) in [5.41, 5.74) is 10.3. The van der Waals surface area contributed by atoms with E-state index in [-0.39, 0.29) is 30.9 Å². The zero-order valence-corrected chi connectivity index (χ0v) is 20.3. The van der Waals surface area contributed by atoms with E-state index < -0.39 is 6.17 Å². The molecule has 0 amide bonds. The first-order chi connectivity index (χ1) is 15.7. The molecule has 2 fully saturated rings. The van der Waals surface area contributed by atoms with Gasteiger partial charge < -0.3 is 15.4 Å². The molecule has 1 aliphatic heterocycles. The number of ether oxygens (including phenoxy) is 1. The summed E-state index contributed by atoms with van der Waals surface area (Å²) in [6.45, 7) is 1.80. The molecule has 180 valence electrons. The highest BCUT2D eigenvalue weighted by Gasteiger charge is 2.27. The van der Waals surface area contributed by atoms with Crippen LogP contribution in [0.15, 0.2) is 54.9 Å². The van der Waals surface area contributed by atoms with Crippen LogP contribution in [0.5, 0.6) is 5.75 Å². The van der Waals surface area contributed by atoms with Crippen molar-refractivity contribution in [3.8, 4) is 17.1 Å². The number of rotatable bonds is 5. The average Bonchev–Trinajstić information content (AvgIpc) is 3.56. The van der Waals surface area contributed by atoms with Gasteiger partial charge in [-0.1, -0.05) is 18.2 Å². The van der Waals surface area contributed by atoms with Crippen LogP contribution in [0.1, 0.15) is 19.3 Å². The van der Waals surface area contributed by atoms with Crippen molar-refractivity contribution in [2.75, 3.05) is 24.6 Å². The average molecular weight is 504 g/mol. The fourth-order valence-electron chi connectivity index (χ4n) is 4.41. The van der Waals surface area contributed by atoms with Crippen LogP contribution in [-0.2, 0) is 0 Å². The van der Waals surface area contributed by atoms with Crippen LogP contribution in [0, 0.1) is 5.92 Å². The van der Waals surface area contributed by atoms with Crippen molar-refractivity contribution in [1.29, 1.82) is 0 Å². The predicted molar refractivity (Wildman–Crippen MR) is 138 cm³/mol. The summed E-state index contributed by atoms with van der Waals surface area (Å²) in [4.78, 5) is 11.6. The highest BCUT2D eigenvalue weighted by atomic mass is 35.5. The Morgan fingerprint density at radius 1 is 1.09 bits per heavy atom. The van der Waals surface area contributed by atoms with Gasteiger partial charge in [0.15, 0.2) is 0 Å². The standard InChI is InChI=1S/C25H26FN5O.2ClH/c26-19-14-30(10-9-20(19)27)22-3-1-2-17-6-7-21(29-25(17)22)23-13-28-24-12-18(8-11-31(23)24)32-15-16-4-5-16;;/h1-3,6-8,11-13,16,19-20H,4-5,9-10,14-15,27H2;2*1H/t19-,20+;;/m1../s1. The van der Waals surface area contributed by atoms with Crippen molar-refractivity contribution < 1.29 is 9.13 Å². The van der Waals surface area contributed by atoms with Crippen molar-refractivity contribution in [1.82, 2.24) is 14.4 Å². The van der Waals surface area contributed by atoms with Gasteiger partial charge in [-0.15, -0.1) is 24.8 Å². The monoisotopic (exact) mass is 503 g/mol. The zero-order chi connectivity index (χ0) is 21.7. The minimum absolute atomic E-state index is 0. The number of halogens is 3. The van der Waals surface area contributed by atoms with E-state index in [0.29, 0.717) is 18.9 Å². The smallest absolute Gasteiger partial charge is 0.140 e. The quantitative estimate of drug-likeness (QED) is 0.412. The van der Waals surface area contributed by atoms with Gasteiger partial charge in [0.2, 0.25) is 0 Å². The van der Waals surface area contributed by atoms with E-state index in [4.69, 9.17) is 15.5 Å². The maximum atomic E-state index is 14.3. The minimum Gasteiger partial charge on any atom is -0.493 e. The maximum absolute atomic E-state index is 14.3. The van der Waals surface area contributed by atoms with Gasteiger partial charge in [0.25, 0.3) is 0 Å². The lowest BCUT2D eigenvalue weighted by molar-refractivity contribution is 0.251. The molecule has 0 radical (unpaired) electrons. The number of para-hydroxylation sites is 1. The van der Waals surface area contributed by atoms with E-state index in [1.54, 1.807) is 0 Å². The number of fused-ring (bicyclic) bond motifs is 2. The number of anilines is 1. The van der Waals surface area contributed by atoms with Crippen LogP contribution >= 0.6 is 24.8 Å². The van der Waals surface area contributed by atoms with Crippen LogP contribution < -0.4 is 15.4 Å². The van der Waals surface area contributed by atoms with Crippen molar-refractivity contribution >= 4 is 47.1 Å². The molecule has 4 aromatic rings. The first-order valence-corrected chi connectivity index (χ1v) is 11.3. The number of nitrogens with zero attached hydrogens (tertiary/aromatic N) is 4. The van der Waals surface area contributed by atoms with Gasteiger partial charge in [0.05, 0.1) is 41.9 Å². The molecule has 3 aromatic heterocycles. The normalized spacial score (nSPS) is 20.1. The molecule has 1 aliphatic carbocycles. The molecule has 4 heterocycles. The van der Waals surface area contributed by atoms with Gasteiger partial charge in [-0.25, -0.2) is 14.4 Å². The third kappa shape index (κ3) is 4.65. The molecule has 6 rings (SSSR count). The lowest BCUT2D eigenvalue weighted by atomic mass is 10.0. The largest absolute Gasteiger partial charge is 0.493 e. The Morgan fingerprint density at radius 3 is 2.74 bits per heavy atom. The van der Waals surface area contributed by atoms with Crippen LogP contribution in [-0.4, -0.2) is 46.3 Å². The van der Waals surface area contributed by atoms with Crippen LogP contribution in [0.25, 0.3) is 27.9 Å². The number of alkyl halides is 1. The Morgan fingerprint density at radius 2 is 1.94 bits per heavy atom. The third-order valence-electron chi connectivity index (χ3n) is 6.56. The highest BCUT2D eigenvalue weighted by molar-refractivity contribution is 5.92. The lowest BCUT2D eigenvalue weighted by Gasteiger charge is -2.34. The molecule has 0 bridgehead atoms. The van der Waals surface area contributed by atoms with E-state index in [9.17, 15) is 4.39 Å². The summed E-state index contributed by atoms with van der Waals surface area (Å²) in [5.74, 6) is 1.56. The van der Waals surface area contributed by atoms with Crippen LogP contribution in [0.2, 0.25) is 0 Å². The molecule has 9 heteroatoms. The lowest BCUT2D eigenvalue weighted by Crippen LogP contribution is -2.48. The Labute approximate surface area is 210 Å². The predicted octanol–water partition coefficient (Wildman–Crippen LogP) is 5.06. The molecule has 2 N–H and O–H groups in total. The second kappa shape index (κ2) is 9.94. The fourth-order valence-corrected chi connectivity index (χ4v) is 4.41. The van der Waals surface area contributed by atoms with Gasteiger partial charge in [-0.3, -0.25) is 4.40 Å². The highest BCUT2D eigenvalue weighted by Crippen LogP contribution is 2.32. The number of pyridine rings is 2. The second-order valence-corrected chi connectivity index (χ2v) is 8.95.